The third-order valence-corrected chi connectivity index (χ3v) is 3.58. The molecule has 5 heteroatoms. The van der Waals surface area contributed by atoms with Gasteiger partial charge in [0.2, 0.25) is 5.88 Å². The fourth-order valence-electron chi connectivity index (χ4n) is 1.94. The van der Waals surface area contributed by atoms with E-state index in [4.69, 9.17) is 21.1 Å². The van der Waals surface area contributed by atoms with Gasteiger partial charge >= 0.3 is 0 Å². The molecule has 1 aliphatic carbocycles. The minimum atomic E-state index is 0.414. The van der Waals surface area contributed by atoms with Gasteiger partial charge in [0, 0.05) is 18.8 Å². The minimum absolute atomic E-state index is 0.414. The molecule has 0 radical (unpaired) electrons. The molecule has 0 atom stereocenters. The van der Waals surface area contributed by atoms with E-state index in [-0.39, 0.29) is 0 Å². The van der Waals surface area contributed by atoms with Gasteiger partial charge in [-0.15, -0.1) is 0 Å². The standard InChI is InChI=1S/C16H17ClN2O2/c1-20-13-4-6-14(7-5-13)21-16-15(17)8-11(10-19-16)9-18-12-2-3-12/h4-8,10,12,18H,2-3,9H2,1H3. The monoisotopic (exact) mass is 304 g/mol. The average Bonchev–Trinajstić information content (AvgIpc) is 3.33. The van der Waals surface area contributed by atoms with Gasteiger partial charge in [0.25, 0.3) is 0 Å². The van der Waals surface area contributed by atoms with E-state index < -0.39 is 0 Å². The Morgan fingerprint density at radius 3 is 2.57 bits per heavy atom. The summed E-state index contributed by atoms with van der Waals surface area (Å²) in [7, 11) is 1.63. The molecule has 0 unspecified atom stereocenters. The summed E-state index contributed by atoms with van der Waals surface area (Å²) in [6, 6.07) is 9.86. The number of benzene rings is 1. The summed E-state index contributed by atoms with van der Waals surface area (Å²) >= 11 is 6.23. The van der Waals surface area contributed by atoms with Crippen LogP contribution in [0, 0.1) is 0 Å². The van der Waals surface area contributed by atoms with Crippen molar-refractivity contribution in [1.29, 1.82) is 0 Å². The third kappa shape index (κ3) is 3.86. The zero-order valence-corrected chi connectivity index (χ0v) is 12.6. The summed E-state index contributed by atoms with van der Waals surface area (Å²) in [5, 5.41) is 3.94. The van der Waals surface area contributed by atoms with Gasteiger partial charge in [-0.25, -0.2) is 4.98 Å². The molecular formula is C16H17ClN2O2. The number of ether oxygens (including phenoxy) is 2. The lowest BCUT2D eigenvalue weighted by Crippen LogP contribution is -2.15. The number of nitrogens with zero attached hydrogens (tertiary/aromatic N) is 1. The molecule has 3 rings (SSSR count). The van der Waals surface area contributed by atoms with Crippen LogP contribution in [0.1, 0.15) is 18.4 Å². The van der Waals surface area contributed by atoms with Crippen molar-refractivity contribution in [3.05, 3.63) is 47.1 Å². The molecule has 21 heavy (non-hydrogen) atoms. The summed E-state index contributed by atoms with van der Waals surface area (Å²) in [5.74, 6) is 1.87. The van der Waals surface area contributed by atoms with Crippen molar-refractivity contribution >= 4 is 11.6 Å². The van der Waals surface area contributed by atoms with Crippen LogP contribution < -0.4 is 14.8 Å². The van der Waals surface area contributed by atoms with Crippen LogP contribution in [0.15, 0.2) is 36.5 Å². The van der Waals surface area contributed by atoms with E-state index in [1.54, 1.807) is 13.3 Å². The highest BCUT2D eigenvalue weighted by Crippen LogP contribution is 2.29. The van der Waals surface area contributed by atoms with Crippen molar-refractivity contribution in [3.63, 3.8) is 0 Å². The maximum absolute atomic E-state index is 6.23. The van der Waals surface area contributed by atoms with E-state index in [2.05, 4.69) is 10.3 Å². The van der Waals surface area contributed by atoms with Gasteiger partial charge in [0.15, 0.2) is 0 Å². The van der Waals surface area contributed by atoms with Crippen LogP contribution in [0.25, 0.3) is 0 Å². The summed E-state index contributed by atoms with van der Waals surface area (Å²) in [6.07, 6.45) is 4.32. The number of halogens is 1. The highest BCUT2D eigenvalue weighted by atomic mass is 35.5. The average molecular weight is 305 g/mol. The number of rotatable bonds is 6. The second-order valence-corrected chi connectivity index (χ2v) is 5.47. The van der Waals surface area contributed by atoms with Crippen LogP contribution in [-0.2, 0) is 6.54 Å². The predicted molar refractivity (Wildman–Crippen MR) is 82.2 cm³/mol. The topological polar surface area (TPSA) is 43.4 Å². The summed E-state index contributed by atoms with van der Waals surface area (Å²) < 4.78 is 10.8. The van der Waals surface area contributed by atoms with Crippen LogP contribution >= 0.6 is 11.6 Å². The highest BCUT2D eigenvalue weighted by Gasteiger charge is 2.20. The normalized spacial score (nSPS) is 14.0. The van der Waals surface area contributed by atoms with E-state index >= 15 is 0 Å². The lowest BCUT2D eigenvalue weighted by atomic mass is 10.3. The zero-order valence-electron chi connectivity index (χ0n) is 11.8. The van der Waals surface area contributed by atoms with Gasteiger partial charge in [-0.2, -0.15) is 0 Å². The largest absolute Gasteiger partial charge is 0.497 e. The molecule has 4 nitrogen and oxygen atoms in total. The fraction of sp³-hybridized carbons (Fsp3) is 0.312. The molecule has 1 aromatic carbocycles. The van der Waals surface area contributed by atoms with E-state index in [9.17, 15) is 0 Å². The highest BCUT2D eigenvalue weighted by molar-refractivity contribution is 6.31. The maximum atomic E-state index is 6.23. The molecule has 1 aliphatic rings. The Labute approximate surface area is 129 Å². The van der Waals surface area contributed by atoms with E-state index in [1.807, 2.05) is 30.3 Å². The Kier molecular flexibility index (Phi) is 4.27. The molecule has 110 valence electrons. The van der Waals surface area contributed by atoms with Crippen molar-refractivity contribution in [3.8, 4) is 17.4 Å². The van der Waals surface area contributed by atoms with Crippen molar-refractivity contribution in [1.82, 2.24) is 10.3 Å². The second-order valence-electron chi connectivity index (χ2n) is 5.06. The first kappa shape index (κ1) is 14.2. The molecule has 0 amide bonds. The predicted octanol–water partition coefficient (Wildman–Crippen LogP) is 3.79. The molecule has 0 aliphatic heterocycles. The van der Waals surface area contributed by atoms with Gasteiger partial charge in [-0.3, -0.25) is 0 Å². The SMILES string of the molecule is COc1ccc(Oc2ncc(CNC3CC3)cc2Cl)cc1. The van der Waals surface area contributed by atoms with Crippen LogP contribution in [0.4, 0.5) is 0 Å². The minimum Gasteiger partial charge on any atom is -0.497 e. The lowest BCUT2D eigenvalue weighted by Gasteiger charge is -2.09. The van der Waals surface area contributed by atoms with E-state index in [0.29, 0.717) is 22.7 Å². The molecule has 0 spiro atoms. The van der Waals surface area contributed by atoms with Gasteiger partial charge in [0.05, 0.1) is 7.11 Å². The van der Waals surface area contributed by atoms with Gasteiger partial charge in [-0.1, -0.05) is 11.6 Å². The number of methoxy groups -OCH3 is 1. The lowest BCUT2D eigenvalue weighted by molar-refractivity contribution is 0.412. The second kappa shape index (κ2) is 6.33. The quantitative estimate of drug-likeness (QED) is 0.882. The Balaban J connectivity index is 1.66. The van der Waals surface area contributed by atoms with E-state index in [0.717, 1.165) is 17.9 Å². The Morgan fingerprint density at radius 1 is 1.24 bits per heavy atom. The van der Waals surface area contributed by atoms with Gasteiger partial charge < -0.3 is 14.8 Å². The van der Waals surface area contributed by atoms with Crippen LogP contribution in [0.5, 0.6) is 17.4 Å². The maximum Gasteiger partial charge on any atom is 0.238 e. The third-order valence-electron chi connectivity index (χ3n) is 3.31. The number of hydrogen-bond donors (Lipinski definition) is 1. The summed E-state index contributed by atoms with van der Waals surface area (Å²) in [5.41, 5.74) is 1.06. The molecule has 0 saturated heterocycles. The first-order valence-electron chi connectivity index (χ1n) is 6.94. The molecule has 1 N–H and O–H groups in total. The molecular weight excluding hydrogens is 288 g/mol. The van der Waals surface area contributed by atoms with Crippen molar-refractivity contribution in [2.24, 2.45) is 0 Å². The molecule has 1 heterocycles. The number of hydrogen-bond acceptors (Lipinski definition) is 4. The first-order valence-corrected chi connectivity index (χ1v) is 7.32. The number of aromatic nitrogens is 1. The van der Waals surface area contributed by atoms with Gasteiger partial charge in [-0.05, 0) is 48.7 Å². The zero-order chi connectivity index (χ0) is 14.7. The van der Waals surface area contributed by atoms with Crippen LogP contribution in [0.2, 0.25) is 5.02 Å². The van der Waals surface area contributed by atoms with E-state index in [1.165, 1.54) is 12.8 Å². The molecule has 1 fully saturated rings. The molecule has 2 aromatic rings. The van der Waals surface area contributed by atoms with Gasteiger partial charge in [0.1, 0.15) is 16.5 Å². The molecule has 1 aromatic heterocycles. The first-order chi connectivity index (χ1) is 10.2. The van der Waals surface area contributed by atoms with Crippen LogP contribution in [-0.4, -0.2) is 18.1 Å². The Morgan fingerprint density at radius 2 is 1.95 bits per heavy atom. The smallest absolute Gasteiger partial charge is 0.238 e. The van der Waals surface area contributed by atoms with Crippen molar-refractivity contribution in [2.45, 2.75) is 25.4 Å². The Bertz CT molecular complexity index is 612. The molecule has 1 saturated carbocycles. The van der Waals surface area contributed by atoms with Crippen molar-refractivity contribution < 1.29 is 9.47 Å². The summed E-state index contributed by atoms with van der Waals surface area (Å²) in [6.45, 7) is 0.792. The molecule has 0 bridgehead atoms. The Hall–Kier alpha value is -1.78. The fourth-order valence-corrected chi connectivity index (χ4v) is 2.17. The summed E-state index contributed by atoms with van der Waals surface area (Å²) in [4.78, 5) is 4.29. The number of pyridine rings is 1. The van der Waals surface area contributed by atoms with Crippen LogP contribution in [0.3, 0.4) is 0 Å². The number of nitrogens with one attached hydrogen (secondary N) is 1. The van der Waals surface area contributed by atoms with Crippen molar-refractivity contribution in [2.75, 3.05) is 7.11 Å².